The van der Waals surface area contributed by atoms with Gasteiger partial charge in [0.25, 0.3) is 0 Å². The maximum Gasteiger partial charge on any atom is 0.222 e. The average Bonchev–Trinajstić information content (AvgIpc) is 2.52. The smallest absolute Gasteiger partial charge is 0.222 e. The van der Waals surface area contributed by atoms with E-state index in [4.69, 9.17) is 16.3 Å². The van der Waals surface area contributed by atoms with E-state index in [2.05, 4.69) is 0 Å². The molecule has 0 saturated heterocycles. The first-order valence-electron chi connectivity index (χ1n) is 6.57. The van der Waals surface area contributed by atoms with Crippen LogP contribution in [0.3, 0.4) is 0 Å². The van der Waals surface area contributed by atoms with Gasteiger partial charge in [0.1, 0.15) is 13.6 Å². The fourth-order valence-electron chi connectivity index (χ4n) is 2.06. The molecule has 1 atom stereocenters. The van der Waals surface area contributed by atoms with Gasteiger partial charge in [0.15, 0.2) is 0 Å². The Morgan fingerprint density at radius 1 is 1.14 bits per heavy atom. The van der Waals surface area contributed by atoms with Gasteiger partial charge in [-0.2, -0.15) is 0 Å². The predicted octanol–water partition coefficient (Wildman–Crippen LogP) is 4.29. The molecule has 0 heterocycles. The van der Waals surface area contributed by atoms with Gasteiger partial charge in [0.05, 0.1) is 17.7 Å². The number of hydrogen-bond donors (Lipinski definition) is 0. The zero-order valence-electron chi connectivity index (χ0n) is 11.6. The molecule has 0 aliphatic carbocycles. The number of ether oxygens (including phenoxy) is 1. The molecule has 0 saturated carbocycles. The second-order valence-corrected chi connectivity index (χ2v) is 6.77. The van der Waals surface area contributed by atoms with Crippen molar-refractivity contribution in [3.8, 4) is 5.75 Å². The second kappa shape index (κ2) is 7.44. The molecule has 0 aromatic heterocycles. The first kappa shape index (κ1) is 15.8. The van der Waals surface area contributed by atoms with Gasteiger partial charge in [-0.1, -0.05) is 48.0 Å². The molecular weight excluding hydrogens is 307 g/mol. The molecule has 2 aromatic rings. The van der Waals surface area contributed by atoms with Gasteiger partial charge < -0.3 is 9.30 Å². The number of hydrogen-bond acceptors (Lipinski definition) is 3. The molecule has 1 unspecified atom stereocenters. The number of carbonyl (C=O) groups excluding carboxylic acids is 1. The van der Waals surface area contributed by atoms with Crippen LogP contribution in [0.1, 0.15) is 15.9 Å². The van der Waals surface area contributed by atoms with Gasteiger partial charge in [0, 0.05) is 6.16 Å². The molecule has 3 nitrogen and oxygen atoms in total. The van der Waals surface area contributed by atoms with E-state index in [0.29, 0.717) is 28.9 Å². The summed E-state index contributed by atoms with van der Waals surface area (Å²) < 4.78 is 17.4. The Kier molecular flexibility index (Phi) is 5.60. The standard InChI is InChI=1S/C16H16ClO3P/c1-20-15-13(8-5-9-14(15)17)16(18)21(19)11-10-12-6-3-2-4-7-12/h2-9,21H,10-11H2,1H3. The maximum absolute atomic E-state index is 12.3. The van der Waals surface area contributed by atoms with E-state index in [-0.39, 0.29) is 5.52 Å². The summed E-state index contributed by atoms with van der Waals surface area (Å²) in [4.78, 5) is 12.3. The largest absolute Gasteiger partial charge is 0.494 e. The summed E-state index contributed by atoms with van der Waals surface area (Å²) in [5, 5.41) is 0.348. The number of rotatable bonds is 6. The van der Waals surface area contributed by atoms with Gasteiger partial charge >= 0.3 is 0 Å². The minimum absolute atomic E-state index is 0.293. The first-order valence-corrected chi connectivity index (χ1v) is 8.56. The molecule has 5 heteroatoms. The summed E-state index contributed by atoms with van der Waals surface area (Å²) in [5.41, 5.74) is 0.985. The molecule has 0 aliphatic rings. The van der Waals surface area contributed by atoms with Crippen molar-refractivity contribution in [1.82, 2.24) is 0 Å². The Balaban J connectivity index is 2.10. The summed E-state index contributed by atoms with van der Waals surface area (Å²) in [6, 6.07) is 14.6. The van der Waals surface area contributed by atoms with Gasteiger partial charge in [0.2, 0.25) is 5.52 Å². The summed E-state index contributed by atoms with van der Waals surface area (Å²) in [7, 11) is -0.950. The van der Waals surface area contributed by atoms with E-state index in [1.165, 1.54) is 7.11 Å². The van der Waals surface area contributed by atoms with Crippen LogP contribution in [0.25, 0.3) is 0 Å². The maximum atomic E-state index is 12.3. The lowest BCUT2D eigenvalue weighted by molar-refractivity contribution is 0.107. The van der Waals surface area contributed by atoms with Crippen LogP contribution in [0.5, 0.6) is 5.75 Å². The highest BCUT2D eigenvalue weighted by Crippen LogP contribution is 2.35. The summed E-state index contributed by atoms with van der Waals surface area (Å²) in [6.07, 6.45) is 0.969. The second-order valence-electron chi connectivity index (χ2n) is 4.56. The van der Waals surface area contributed by atoms with Crippen molar-refractivity contribution in [2.45, 2.75) is 6.42 Å². The van der Waals surface area contributed by atoms with Crippen LogP contribution < -0.4 is 4.74 Å². The Morgan fingerprint density at radius 2 is 1.86 bits per heavy atom. The molecule has 21 heavy (non-hydrogen) atoms. The molecule has 2 aromatic carbocycles. The van der Waals surface area contributed by atoms with Crippen molar-refractivity contribution in [2.24, 2.45) is 0 Å². The van der Waals surface area contributed by atoms with Crippen molar-refractivity contribution in [2.75, 3.05) is 13.3 Å². The predicted molar refractivity (Wildman–Crippen MR) is 86.3 cm³/mol. The molecule has 0 bridgehead atoms. The van der Waals surface area contributed by atoms with Crippen molar-refractivity contribution in [1.29, 1.82) is 0 Å². The van der Waals surface area contributed by atoms with Gasteiger partial charge in [-0.3, -0.25) is 4.79 Å². The Bertz CT molecular complexity index is 656. The van der Waals surface area contributed by atoms with E-state index in [1.54, 1.807) is 18.2 Å². The first-order chi connectivity index (χ1) is 10.1. The zero-order valence-corrected chi connectivity index (χ0v) is 13.4. The number of carbonyl (C=O) groups is 1. The molecule has 0 radical (unpaired) electrons. The van der Waals surface area contributed by atoms with Crippen molar-refractivity contribution in [3.05, 3.63) is 64.7 Å². The highest BCUT2D eigenvalue weighted by Gasteiger charge is 2.20. The average molecular weight is 323 g/mol. The van der Waals surface area contributed by atoms with Crippen molar-refractivity contribution < 1.29 is 14.1 Å². The molecule has 2 rings (SSSR count). The molecule has 0 amide bonds. The van der Waals surface area contributed by atoms with E-state index in [9.17, 15) is 9.36 Å². The number of para-hydroxylation sites is 1. The fourth-order valence-corrected chi connectivity index (χ4v) is 3.55. The molecular formula is C16H16ClO3P. The van der Waals surface area contributed by atoms with E-state index in [0.717, 1.165) is 5.56 Å². The Morgan fingerprint density at radius 3 is 2.52 bits per heavy atom. The van der Waals surface area contributed by atoms with Gasteiger partial charge in [-0.15, -0.1) is 0 Å². The normalized spacial score (nSPS) is 11.9. The van der Waals surface area contributed by atoms with Crippen molar-refractivity contribution in [3.63, 3.8) is 0 Å². The lowest BCUT2D eigenvalue weighted by Crippen LogP contribution is -2.01. The quantitative estimate of drug-likeness (QED) is 0.745. The molecule has 0 spiro atoms. The molecule has 0 fully saturated rings. The fraction of sp³-hybridized carbons (Fsp3) is 0.188. The van der Waals surface area contributed by atoms with Crippen LogP contribution in [0.15, 0.2) is 48.5 Å². The molecule has 0 N–H and O–H groups in total. The van der Waals surface area contributed by atoms with Crippen molar-refractivity contribution >= 4 is 24.9 Å². The van der Waals surface area contributed by atoms with Crippen LogP contribution in [0.2, 0.25) is 5.02 Å². The van der Waals surface area contributed by atoms with E-state index < -0.39 is 7.80 Å². The lowest BCUT2D eigenvalue weighted by atomic mass is 10.2. The van der Waals surface area contributed by atoms with Crippen LogP contribution >= 0.6 is 19.4 Å². The highest BCUT2D eigenvalue weighted by molar-refractivity contribution is 7.64. The van der Waals surface area contributed by atoms with Crippen LogP contribution in [0, 0.1) is 0 Å². The number of aryl methyl sites for hydroxylation is 1. The number of halogens is 1. The third kappa shape index (κ3) is 3.96. The number of methoxy groups -OCH3 is 1. The van der Waals surface area contributed by atoms with Crippen LogP contribution in [-0.2, 0) is 11.0 Å². The highest BCUT2D eigenvalue weighted by atomic mass is 35.5. The minimum Gasteiger partial charge on any atom is -0.494 e. The van der Waals surface area contributed by atoms with E-state index in [1.807, 2.05) is 30.3 Å². The SMILES string of the molecule is COc1c(Cl)cccc1C(=O)[PH](=O)CCc1ccccc1. The van der Waals surface area contributed by atoms with Gasteiger partial charge in [-0.25, -0.2) is 0 Å². The van der Waals surface area contributed by atoms with Crippen LogP contribution in [0.4, 0.5) is 0 Å². The monoisotopic (exact) mass is 322 g/mol. The Labute approximate surface area is 129 Å². The van der Waals surface area contributed by atoms with E-state index >= 15 is 0 Å². The Hall–Kier alpha value is -1.57. The third-order valence-electron chi connectivity index (χ3n) is 3.15. The third-order valence-corrected chi connectivity index (χ3v) is 4.93. The summed E-state index contributed by atoms with van der Waals surface area (Å²) in [6.45, 7) is 0. The lowest BCUT2D eigenvalue weighted by Gasteiger charge is -2.09. The number of benzene rings is 2. The molecule has 110 valence electrons. The zero-order chi connectivity index (χ0) is 15.2. The summed E-state index contributed by atoms with van der Waals surface area (Å²) in [5.74, 6) is 0.294. The molecule has 0 aliphatic heterocycles. The summed E-state index contributed by atoms with van der Waals surface area (Å²) >= 11 is 5.98. The topological polar surface area (TPSA) is 43.4 Å². The van der Waals surface area contributed by atoms with Crippen LogP contribution in [-0.4, -0.2) is 18.8 Å². The van der Waals surface area contributed by atoms with Gasteiger partial charge in [-0.05, 0) is 24.1 Å². The minimum atomic E-state index is -2.39.